The summed E-state index contributed by atoms with van der Waals surface area (Å²) in [7, 11) is 1.54. The van der Waals surface area contributed by atoms with Gasteiger partial charge >= 0.3 is 17.6 Å². The van der Waals surface area contributed by atoms with E-state index in [2.05, 4.69) is 164 Å². The molecule has 0 radical (unpaired) electrons. The van der Waals surface area contributed by atoms with Gasteiger partial charge in [-0.3, -0.25) is 4.79 Å². The number of benzene rings is 6. The summed E-state index contributed by atoms with van der Waals surface area (Å²) < 4.78 is 35.9. The number of ether oxygens (including phenoxy) is 4. The van der Waals surface area contributed by atoms with Crippen molar-refractivity contribution in [2.45, 2.75) is 180 Å². The topological polar surface area (TPSA) is 162 Å². The van der Waals surface area contributed by atoms with E-state index in [4.69, 9.17) is 23.4 Å². The highest BCUT2D eigenvalue weighted by molar-refractivity contribution is 5.91. The Bertz CT molecular complexity index is 5410. The highest BCUT2D eigenvalue weighted by Gasteiger charge is 2.72. The Morgan fingerprint density at radius 3 is 2.51 bits per heavy atom. The second-order valence-electron chi connectivity index (χ2n) is 35.3. The normalized spacial score (nSPS) is 35.6. The van der Waals surface area contributed by atoms with Crippen LogP contribution in [0.3, 0.4) is 0 Å². The van der Waals surface area contributed by atoms with Crippen LogP contribution in [0, 0.1) is 64.6 Å². The van der Waals surface area contributed by atoms with Crippen LogP contribution in [0.1, 0.15) is 233 Å². The van der Waals surface area contributed by atoms with Crippen LogP contribution in [0.4, 0.5) is 0 Å². The van der Waals surface area contributed by atoms with E-state index in [1.54, 1.807) is 7.11 Å². The van der Waals surface area contributed by atoms with Crippen molar-refractivity contribution < 1.29 is 48.3 Å². The molecule has 3 N–H and O–H groups in total. The molecule has 4 spiro atoms. The molecule has 1 saturated heterocycles. The average Bonchev–Trinajstić information content (AvgIpc) is 1.47. The van der Waals surface area contributed by atoms with E-state index in [9.17, 15) is 15.3 Å². The first-order valence-corrected chi connectivity index (χ1v) is 40.7. The first kappa shape index (κ1) is 66.1. The van der Waals surface area contributed by atoms with Gasteiger partial charge in [-0.15, -0.1) is 0 Å². The van der Waals surface area contributed by atoms with E-state index in [-0.39, 0.29) is 120 Å². The first-order valence-electron chi connectivity index (χ1n) is 40.7. The maximum absolute atomic E-state index is 17.2. The van der Waals surface area contributed by atoms with E-state index in [0.29, 0.717) is 52.5 Å². The minimum Gasteiger partial charge on any atom is -0.482 e. The van der Waals surface area contributed by atoms with Crippen molar-refractivity contribution in [2.24, 2.45) is 52.8 Å². The summed E-state index contributed by atoms with van der Waals surface area (Å²) in [6, 6.07) is 42.2. The zero-order valence-electron chi connectivity index (χ0n) is 61.6. The molecular formula is C97H92O11. The van der Waals surface area contributed by atoms with Gasteiger partial charge in [0, 0.05) is 100 Å². The van der Waals surface area contributed by atoms with Gasteiger partial charge in [0.25, 0.3) is 0 Å². The Labute approximate surface area is 630 Å². The van der Waals surface area contributed by atoms with Crippen molar-refractivity contribution in [3.63, 3.8) is 0 Å². The zero-order chi connectivity index (χ0) is 72.4. The predicted octanol–water partition coefficient (Wildman–Crippen LogP) is 17.2. The fourth-order valence-corrected chi connectivity index (χ4v) is 27.2. The summed E-state index contributed by atoms with van der Waals surface area (Å²) in [4.78, 5) is 49.2. The quantitative estimate of drug-likeness (QED) is 0.0458. The second kappa shape index (κ2) is 24.3. The van der Waals surface area contributed by atoms with Gasteiger partial charge < -0.3 is 38.7 Å². The highest BCUT2D eigenvalue weighted by atomic mass is 16.6. The Morgan fingerprint density at radius 2 is 1.62 bits per heavy atom. The van der Waals surface area contributed by atoms with Crippen molar-refractivity contribution in [1.29, 1.82) is 0 Å². The first-order chi connectivity index (χ1) is 52.9. The van der Waals surface area contributed by atoms with Gasteiger partial charge in [0.2, 0.25) is 0 Å². The number of methoxy groups -OCH3 is 1. The summed E-state index contributed by atoms with van der Waals surface area (Å²) in [5.41, 5.74) is 17.5. The Hall–Kier alpha value is -8.89. The van der Waals surface area contributed by atoms with Crippen LogP contribution in [-0.2, 0) is 54.1 Å². The van der Waals surface area contributed by atoms with Crippen LogP contribution in [0.5, 0.6) is 5.75 Å². The summed E-state index contributed by atoms with van der Waals surface area (Å²) in [5, 5.41) is 34.4. The summed E-state index contributed by atoms with van der Waals surface area (Å²) >= 11 is 0. The number of aliphatic hydroxyl groups is 3. The number of hydrogen-bond acceptors (Lipinski definition) is 11. The lowest BCUT2D eigenvalue weighted by atomic mass is 9.48. The number of rotatable bonds is 7. The number of allylic oxidation sites excluding steroid dienone is 6. The molecule has 7 aromatic rings. The monoisotopic (exact) mass is 1430 g/mol. The lowest BCUT2D eigenvalue weighted by Crippen LogP contribution is -2.64. The summed E-state index contributed by atoms with van der Waals surface area (Å²) in [6.45, 7) is 0.736. The molecule has 546 valence electrons. The molecular weight excluding hydrogens is 1340 g/mol. The van der Waals surface area contributed by atoms with E-state index in [0.717, 1.165) is 68.1 Å². The number of carbonyl (C=O) groups is 2. The lowest BCUT2D eigenvalue weighted by molar-refractivity contribution is -0.210. The maximum atomic E-state index is 17.2. The van der Waals surface area contributed by atoms with Gasteiger partial charge in [-0.25, -0.2) is 9.59 Å². The van der Waals surface area contributed by atoms with Gasteiger partial charge in [-0.2, -0.15) is 0 Å². The maximum Gasteiger partial charge on any atom is 0.340 e. The molecule has 0 amide bonds. The fraction of sp³-hybridized carbons (Fsp3) is 0.433. The van der Waals surface area contributed by atoms with Crippen LogP contribution >= 0.6 is 0 Å². The number of aliphatic hydroxyl groups excluding tert-OH is 3. The molecule has 4 aliphatic heterocycles. The molecule has 11 nitrogen and oxygen atoms in total. The van der Waals surface area contributed by atoms with Gasteiger partial charge in [0.05, 0.1) is 25.4 Å². The van der Waals surface area contributed by atoms with Crippen molar-refractivity contribution in [2.75, 3.05) is 26.9 Å². The average molecular weight is 1430 g/mol. The molecule has 6 aromatic carbocycles. The van der Waals surface area contributed by atoms with Gasteiger partial charge in [0.1, 0.15) is 11.3 Å². The zero-order valence-corrected chi connectivity index (χ0v) is 61.6. The van der Waals surface area contributed by atoms with Crippen LogP contribution in [0.2, 0.25) is 0 Å². The minimum atomic E-state index is -1.45. The molecule has 1 aromatic heterocycles. The smallest absolute Gasteiger partial charge is 0.340 e. The molecule has 108 heavy (non-hydrogen) atoms. The SMILES string of the molecule is COCC(CCO)c1c(CO)c2ccc3c(c2oc1=O)C1OC(=O)CC2CC4C=CC2c2ccc5c(c2)C2CC6C5CC(=C(C)CO)C(=O)OC1C1(CC=CC5(C2)C2C(=Cc7ccccc7C2CC51)C#CC1CCC2C=Cc5cc(ccc5C126)Cc1ccc2c(c1)C15c6cccc4c6CCC1CCCC5C=C2)O3. The second-order valence-corrected chi connectivity index (χ2v) is 35.3. The molecule has 23 aliphatic rings. The lowest BCUT2D eigenvalue weighted by Gasteiger charge is -2.57. The number of hydrogen-bond donors (Lipinski definition) is 3. The summed E-state index contributed by atoms with van der Waals surface area (Å²) in [5.74, 6) is 6.51. The highest BCUT2D eigenvalue weighted by Crippen LogP contribution is 2.74. The van der Waals surface area contributed by atoms with Gasteiger partial charge in [0.15, 0.2) is 17.8 Å². The molecule has 20 unspecified atom stereocenters. The van der Waals surface area contributed by atoms with E-state index in [1.807, 2.05) is 19.1 Å². The van der Waals surface area contributed by atoms with Crippen molar-refractivity contribution in [3.8, 4) is 17.6 Å². The Kier molecular flexibility index (Phi) is 14.9. The van der Waals surface area contributed by atoms with Crippen LogP contribution < -0.4 is 10.4 Å². The largest absolute Gasteiger partial charge is 0.482 e. The molecule has 4 fully saturated rings. The molecule has 19 aliphatic carbocycles. The van der Waals surface area contributed by atoms with E-state index in [1.165, 1.54) is 79.6 Å². The Morgan fingerprint density at radius 1 is 0.750 bits per heavy atom. The van der Waals surface area contributed by atoms with Crippen molar-refractivity contribution in [3.05, 3.63) is 267 Å². The van der Waals surface area contributed by atoms with E-state index < -0.39 is 71.3 Å². The van der Waals surface area contributed by atoms with Gasteiger partial charge in [-0.05, 0) is 245 Å². The van der Waals surface area contributed by atoms with Crippen molar-refractivity contribution in [1.82, 2.24) is 0 Å². The third-order valence-corrected chi connectivity index (χ3v) is 31.1. The molecule has 20 atom stereocenters. The predicted molar refractivity (Wildman–Crippen MR) is 414 cm³/mol. The molecule has 5 heterocycles. The molecule has 30 rings (SSSR count). The number of esters is 2. The third kappa shape index (κ3) is 8.98. The number of fused-ring (bicyclic) bond motifs is 9. The van der Waals surface area contributed by atoms with Crippen molar-refractivity contribution >= 4 is 41.1 Å². The fourth-order valence-electron chi connectivity index (χ4n) is 27.2. The molecule has 3 saturated carbocycles. The minimum absolute atomic E-state index is 0.0113. The van der Waals surface area contributed by atoms with E-state index >= 15 is 14.4 Å². The molecule has 23 bridgehead atoms. The van der Waals surface area contributed by atoms with Gasteiger partial charge in [-0.1, -0.05) is 164 Å². The van der Waals surface area contributed by atoms with Crippen LogP contribution in [0.15, 0.2) is 172 Å². The summed E-state index contributed by atoms with van der Waals surface area (Å²) in [6.07, 6.45) is 31.2. The molecule has 11 heteroatoms. The van der Waals surface area contributed by atoms with Crippen LogP contribution in [0.25, 0.3) is 29.2 Å². The third-order valence-electron chi connectivity index (χ3n) is 31.1. The van der Waals surface area contributed by atoms with Crippen LogP contribution in [-0.4, -0.2) is 65.9 Å². The number of carbonyl (C=O) groups excluding carboxylic acids is 2. The Balaban J connectivity index is 0.858. The standard InChI is InChI=1S/C97H92O11/c1-52(49-99)74-46-76-71-29-21-58-43-75(71)63-44-82(76)96-66-23-18-59-39-53(15-32-79(59)96)38-54-14-16-55-17-22-64-9-5-10-65-27-30-72-69(12-6-13-80(72)97(64,65)81(55)40-54)57-20-28-68(58)62(42-57)45-85(101)105-90-87-83(33-31-73-78(50-100)86(93(103)106-89(73)87)61(34-37-98)51-104-2)108-95(91(90)107-92(74)102)36-7-35-94(48-63)84(95)47-77-70-11-4-3-8-56(70)41-60(88(77)94)19-24-67(96)26-25-66/h3-4,6-8,11-18,20-23,28-29,31-33,35,39-41,43,57,61-68,76-77,82,84,88,90-91,98-100H,5,9-10,25-27,30,34,36-38,42,44-51H2,1-2H3.